The third-order valence-electron chi connectivity index (χ3n) is 3.59. The minimum absolute atomic E-state index is 0.118. The monoisotopic (exact) mass is 290 g/mol. The Bertz CT molecular complexity index is 862. The molecule has 0 saturated heterocycles. The standard InChI is InChI=1S/C20H18O2/c1-13-4-7-19-17(11-13)12-20(22-19)18(21)6-5-16-9-14(2)8-15(3)10-16/h4-12H,1-3H3/b6-5+. The number of ketones is 1. The van der Waals surface area contributed by atoms with Gasteiger partial charge in [-0.1, -0.05) is 47.0 Å². The van der Waals surface area contributed by atoms with Crippen molar-refractivity contribution in [2.45, 2.75) is 20.8 Å². The van der Waals surface area contributed by atoms with E-state index in [0.717, 1.165) is 22.1 Å². The van der Waals surface area contributed by atoms with Gasteiger partial charge in [-0.05, 0) is 50.6 Å². The first kappa shape index (κ1) is 14.3. The topological polar surface area (TPSA) is 30.2 Å². The molecular formula is C20H18O2. The van der Waals surface area contributed by atoms with Gasteiger partial charge in [-0.25, -0.2) is 0 Å². The van der Waals surface area contributed by atoms with Gasteiger partial charge in [-0.2, -0.15) is 0 Å². The lowest BCUT2D eigenvalue weighted by molar-refractivity contribution is 0.102. The molecule has 0 unspecified atom stereocenters. The van der Waals surface area contributed by atoms with Crippen LogP contribution >= 0.6 is 0 Å². The van der Waals surface area contributed by atoms with Crippen LogP contribution in [0.15, 0.2) is 53.0 Å². The summed E-state index contributed by atoms with van der Waals surface area (Å²) >= 11 is 0. The van der Waals surface area contributed by atoms with E-state index in [1.807, 2.05) is 45.0 Å². The number of benzene rings is 2. The fourth-order valence-corrected chi connectivity index (χ4v) is 2.64. The lowest BCUT2D eigenvalue weighted by Gasteiger charge is -1.99. The molecule has 22 heavy (non-hydrogen) atoms. The highest BCUT2D eigenvalue weighted by Gasteiger charge is 2.09. The number of allylic oxidation sites excluding steroid dienone is 1. The number of aryl methyl sites for hydroxylation is 3. The molecule has 2 nitrogen and oxygen atoms in total. The van der Waals surface area contributed by atoms with Gasteiger partial charge < -0.3 is 4.42 Å². The number of rotatable bonds is 3. The first-order chi connectivity index (χ1) is 10.5. The maximum atomic E-state index is 12.3. The van der Waals surface area contributed by atoms with E-state index >= 15 is 0 Å². The molecule has 2 aromatic carbocycles. The number of carbonyl (C=O) groups is 1. The van der Waals surface area contributed by atoms with Gasteiger partial charge in [-0.15, -0.1) is 0 Å². The zero-order chi connectivity index (χ0) is 15.7. The molecule has 2 heteroatoms. The number of hydrogen-bond acceptors (Lipinski definition) is 2. The van der Waals surface area contributed by atoms with E-state index in [4.69, 9.17) is 4.42 Å². The van der Waals surface area contributed by atoms with Crippen LogP contribution in [0.1, 0.15) is 32.8 Å². The molecule has 0 radical (unpaired) electrons. The summed E-state index contributed by atoms with van der Waals surface area (Å²) in [6.07, 6.45) is 3.40. The smallest absolute Gasteiger partial charge is 0.221 e. The molecule has 3 aromatic rings. The molecule has 0 spiro atoms. The summed E-state index contributed by atoms with van der Waals surface area (Å²) in [6, 6.07) is 13.9. The minimum atomic E-state index is -0.118. The van der Waals surface area contributed by atoms with Crippen LogP contribution in [0.5, 0.6) is 0 Å². The third kappa shape index (κ3) is 3.01. The molecule has 0 saturated carbocycles. The summed E-state index contributed by atoms with van der Waals surface area (Å²) in [5.74, 6) is 0.259. The van der Waals surface area contributed by atoms with Crippen LogP contribution in [-0.4, -0.2) is 5.78 Å². The number of hydrogen-bond donors (Lipinski definition) is 0. The summed E-state index contributed by atoms with van der Waals surface area (Å²) in [5.41, 5.74) is 5.29. The van der Waals surface area contributed by atoms with E-state index < -0.39 is 0 Å². The average Bonchev–Trinajstić information content (AvgIpc) is 2.86. The van der Waals surface area contributed by atoms with Crippen molar-refractivity contribution in [2.75, 3.05) is 0 Å². The summed E-state index contributed by atoms with van der Waals surface area (Å²) in [4.78, 5) is 12.3. The second kappa shape index (κ2) is 5.64. The number of furan rings is 1. The fourth-order valence-electron chi connectivity index (χ4n) is 2.64. The van der Waals surface area contributed by atoms with Gasteiger partial charge in [-0.3, -0.25) is 4.79 Å². The van der Waals surface area contributed by atoms with Crippen molar-refractivity contribution < 1.29 is 9.21 Å². The molecule has 1 aromatic heterocycles. The molecule has 3 rings (SSSR count). The van der Waals surface area contributed by atoms with Crippen LogP contribution in [0.4, 0.5) is 0 Å². The Morgan fingerprint density at radius 3 is 2.36 bits per heavy atom. The second-order valence-corrected chi connectivity index (χ2v) is 5.77. The van der Waals surface area contributed by atoms with Gasteiger partial charge in [0.15, 0.2) is 5.76 Å². The van der Waals surface area contributed by atoms with Gasteiger partial charge >= 0.3 is 0 Å². The fraction of sp³-hybridized carbons (Fsp3) is 0.150. The van der Waals surface area contributed by atoms with E-state index in [-0.39, 0.29) is 5.78 Å². The Hall–Kier alpha value is -2.61. The summed E-state index contributed by atoms with van der Waals surface area (Å²) in [5, 5.41) is 0.961. The van der Waals surface area contributed by atoms with E-state index in [9.17, 15) is 4.79 Å². The Kier molecular flexibility index (Phi) is 3.68. The molecule has 0 atom stereocenters. The third-order valence-corrected chi connectivity index (χ3v) is 3.59. The van der Waals surface area contributed by atoms with Gasteiger partial charge in [0.05, 0.1) is 0 Å². The highest BCUT2D eigenvalue weighted by atomic mass is 16.3. The Balaban J connectivity index is 1.87. The van der Waals surface area contributed by atoms with Crippen LogP contribution in [0, 0.1) is 20.8 Å². The molecule has 0 aliphatic carbocycles. The Morgan fingerprint density at radius 1 is 0.909 bits per heavy atom. The maximum Gasteiger partial charge on any atom is 0.221 e. The first-order valence-electron chi connectivity index (χ1n) is 7.32. The van der Waals surface area contributed by atoms with E-state index in [1.54, 1.807) is 12.1 Å². The van der Waals surface area contributed by atoms with Crippen LogP contribution in [-0.2, 0) is 0 Å². The van der Waals surface area contributed by atoms with Crippen LogP contribution in [0.2, 0.25) is 0 Å². The number of carbonyl (C=O) groups excluding carboxylic acids is 1. The zero-order valence-corrected chi connectivity index (χ0v) is 13.0. The number of fused-ring (bicyclic) bond motifs is 1. The normalized spacial score (nSPS) is 11.4. The average molecular weight is 290 g/mol. The largest absolute Gasteiger partial charge is 0.453 e. The first-order valence-corrected chi connectivity index (χ1v) is 7.32. The lowest BCUT2D eigenvalue weighted by Crippen LogP contribution is -1.90. The predicted molar refractivity (Wildman–Crippen MR) is 90.2 cm³/mol. The van der Waals surface area contributed by atoms with Gasteiger partial charge in [0.1, 0.15) is 5.58 Å². The molecule has 0 amide bonds. The van der Waals surface area contributed by atoms with Crippen molar-refractivity contribution in [3.63, 3.8) is 0 Å². The molecule has 1 heterocycles. The Labute approximate surface area is 130 Å². The van der Waals surface area contributed by atoms with E-state index in [1.165, 1.54) is 11.1 Å². The van der Waals surface area contributed by atoms with Crippen LogP contribution < -0.4 is 0 Å². The summed E-state index contributed by atoms with van der Waals surface area (Å²) < 4.78 is 5.62. The molecule has 110 valence electrons. The van der Waals surface area contributed by atoms with Crippen molar-refractivity contribution in [3.8, 4) is 0 Å². The molecule has 0 fully saturated rings. The maximum absolute atomic E-state index is 12.3. The zero-order valence-electron chi connectivity index (χ0n) is 13.0. The highest BCUT2D eigenvalue weighted by molar-refractivity contribution is 6.07. The highest BCUT2D eigenvalue weighted by Crippen LogP contribution is 2.21. The van der Waals surface area contributed by atoms with Crippen LogP contribution in [0.3, 0.4) is 0 Å². The van der Waals surface area contributed by atoms with Crippen molar-refractivity contribution in [3.05, 3.63) is 76.6 Å². The quantitative estimate of drug-likeness (QED) is 0.487. The minimum Gasteiger partial charge on any atom is -0.453 e. The second-order valence-electron chi connectivity index (χ2n) is 5.77. The molecule has 0 aliphatic rings. The molecule has 0 N–H and O–H groups in total. The summed E-state index contributed by atoms with van der Waals surface area (Å²) in [7, 11) is 0. The summed E-state index contributed by atoms with van der Waals surface area (Å²) in [6.45, 7) is 6.12. The predicted octanol–water partition coefficient (Wildman–Crippen LogP) is 5.25. The SMILES string of the molecule is Cc1cc(C)cc(/C=C/C(=O)c2cc3cc(C)ccc3o2)c1. The van der Waals surface area contributed by atoms with E-state index in [2.05, 4.69) is 18.2 Å². The van der Waals surface area contributed by atoms with Gasteiger partial charge in [0.25, 0.3) is 0 Å². The molecule has 0 bridgehead atoms. The van der Waals surface area contributed by atoms with Crippen LogP contribution in [0.25, 0.3) is 17.0 Å². The van der Waals surface area contributed by atoms with Crippen molar-refractivity contribution in [1.29, 1.82) is 0 Å². The van der Waals surface area contributed by atoms with Gasteiger partial charge in [0, 0.05) is 5.39 Å². The molecular weight excluding hydrogens is 272 g/mol. The van der Waals surface area contributed by atoms with Crippen molar-refractivity contribution in [1.82, 2.24) is 0 Å². The van der Waals surface area contributed by atoms with Crippen molar-refractivity contribution >= 4 is 22.8 Å². The van der Waals surface area contributed by atoms with Crippen molar-refractivity contribution in [2.24, 2.45) is 0 Å². The lowest BCUT2D eigenvalue weighted by atomic mass is 10.1. The van der Waals surface area contributed by atoms with E-state index in [0.29, 0.717) is 5.76 Å². The molecule has 0 aliphatic heterocycles. The van der Waals surface area contributed by atoms with Gasteiger partial charge in [0.2, 0.25) is 5.78 Å². The Morgan fingerprint density at radius 2 is 1.64 bits per heavy atom.